The Hall–Kier alpha value is -1.88. The van der Waals surface area contributed by atoms with Crippen LogP contribution in [0, 0.1) is 6.92 Å². The number of rotatable bonds is 8. The molecule has 0 spiro atoms. The van der Waals surface area contributed by atoms with Crippen LogP contribution < -0.4 is 11.1 Å². The van der Waals surface area contributed by atoms with Gasteiger partial charge in [0.05, 0.1) is 12.7 Å². The highest BCUT2D eigenvalue weighted by Crippen LogP contribution is 2.20. The first-order valence-corrected chi connectivity index (χ1v) is 7.28. The van der Waals surface area contributed by atoms with Crippen molar-refractivity contribution in [3.8, 4) is 0 Å². The van der Waals surface area contributed by atoms with Crippen LogP contribution in [0.25, 0.3) is 0 Å². The number of unbranched alkanes of at least 4 members (excludes halogenated alkanes) is 3. The minimum absolute atomic E-state index is 0.0344. The Kier molecular flexibility index (Phi) is 7.46. The summed E-state index contributed by atoms with van der Waals surface area (Å²) in [7, 11) is 1.34. The number of anilines is 1. The highest BCUT2D eigenvalue weighted by atomic mass is 16.5. The standard InChI is InChI=1S/C16H24N2O3/c1-12-13(16(20)21-2)8-7-9-14(12)18-15(19)10-5-3-4-6-11-17/h7-9H,3-6,10-11,17H2,1-2H3,(H,18,19). The van der Waals surface area contributed by atoms with Crippen molar-refractivity contribution in [2.75, 3.05) is 19.0 Å². The number of esters is 1. The van der Waals surface area contributed by atoms with Gasteiger partial charge in [-0.3, -0.25) is 4.79 Å². The number of hydrogen-bond acceptors (Lipinski definition) is 4. The van der Waals surface area contributed by atoms with Crippen LogP contribution in [-0.4, -0.2) is 25.5 Å². The van der Waals surface area contributed by atoms with E-state index in [9.17, 15) is 9.59 Å². The SMILES string of the molecule is COC(=O)c1cccc(NC(=O)CCCCCCN)c1C. The zero-order chi connectivity index (χ0) is 15.7. The van der Waals surface area contributed by atoms with Crippen LogP contribution in [-0.2, 0) is 9.53 Å². The number of amides is 1. The van der Waals surface area contributed by atoms with Gasteiger partial charge in [-0.2, -0.15) is 0 Å². The number of carbonyl (C=O) groups excluding carboxylic acids is 2. The molecule has 0 aliphatic carbocycles. The average molecular weight is 292 g/mol. The summed E-state index contributed by atoms with van der Waals surface area (Å²) in [5.41, 5.74) is 7.27. The van der Waals surface area contributed by atoms with Gasteiger partial charge in [0, 0.05) is 12.1 Å². The molecule has 0 saturated carbocycles. The van der Waals surface area contributed by atoms with E-state index in [1.807, 2.05) is 0 Å². The van der Waals surface area contributed by atoms with Gasteiger partial charge in [-0.25, -0.2) is 4.79 Å². The van der Waals surface area contributed by atoms with Gasteiger partial charge < -0.3 is 15.8 Å². The van der Waals surface area contributed by atoms with Crippen LogP contribution in [0.3, 0.4) is 0 Å². The molecule has 21 heavy (non-hydrogen) atoms. The second kappa shape index (κ2) is 9.13. The maximum absolute atomic E-state index is 11.9. The topological polar surface area (TPSA) is 81.4 Å². The molecule has 116 valence electrons. The van der Waals surface area contributed by atoms with E-state index in [-0.39, 0.29) is 5.91 Å². The molecule has 0 aromatic heterocycles. The molecule has 0 aliphatic rings. The lowest BCUT2D eigenvalue weighted by Gasteiger charge is -2.11. The highest BCUT2D eigenvalue weighted by molar-refractivity contribution is 5.96. The third-order valence-corrected chi connectivity index (χ3v) is 3.37. The number of benzene rings is 1. The van der Waals surface area contributed by atoms with E-state index in [1.165, 1.54) is 7.11 Å². The fourth-order valence-corrected chi connectivity index (χ4v) is 2.10. The summed E-state index contributed by atoms with van der Waals surface area (Å²) in [6.07, 6.45) is 4.39. The van der Waals surface area contributed by atoms with Crippen molar-refractivity contribution in [1.29, 1.82) is 0 Å². The number of methoxy groups -OCH3 is 1. The Morgan fingerprint density at radius 2 is 1.90 bits per heavy atom. The molecular weight excluding hydrogens is 268 g/mol. The fourth-order valence-electron chi connectivity index (χ4n) is 2.10. The molecule has 3 N–H and O–H groups in total. The van der Waals surface area contributed by atoms with Gasteiger partial charge >= 0.3 is 5.97 Å². The molecule has 0 atom stereocenters. The minimum atomic E-state index is -0.398. The van der Waals surface area contributed by atoms with Crippen LogP contribution >= 0.6 is 0 Å². The molecule has 0 aliphatic heterocycles. The maximum Gasteiger partial charge on any atom is 0.338 e. The van der Waals surface area contributed by atoms with E-state index in [0.29, 0.717) is 24.2 Å². The number of hydrogen-bond donors (Lipinski definition) is 2. The summed E-state index contributed by atoms with van der Waals surface area (Å²) in [4.78, 5) is 23.5. The summed E-state index contributed by atoms with van der Waals surface area (Å²) in [5, 5.41) is 2.85. The van der Waals surface area contributed by atoms with Gasteiger partial charge in [-0.05, 0) is 44.0 Å². The molecule has 5 nitrogen and oxygen atoms in total. The summed E-state index contributed by atoms with van der Waals surface area (Å²) < 4.78 is 4.72. The van der Waals surface area contributed by atoms with Gasteiger partial charge in [-0.15, -0.1) is 0 Å². The number of nitrogens with one attached hydrogen (secondary N) is 1. The third-order valence-electron chi connectivity index (χ3n) is 3.37. The zero-order valence-corrected chi connectivity index (χ0v) is 12.8. The highest BCUT2D eigenvalue weighted by Gasteiger charge is 2.13. The van der Waals surface area contributed by atoms with Crippen molar-refractivity contribution in [2.45, 2.75) is 39.0 Å². The van der Waals surface area contributed by atoms with Crippen LogP contribution in [0.5, 0.6) is 0 Å². The molecule has 0 fully saturated rings. The Morgan fingerprint density at radius 3 is 2.57 bits per heavy atom. The van der Waals surface area contributed by atoms with Crippen LogP contribution in [0.15, 0.2) is 18.2 Å². The largest absolute Gasteiger partial charge is 0.465 e. The normalized spacial score (nSPS) is 10.2. The molecular formula is C16H24N2O3. The number of nitrogens with two attached hydrogens (primary N) is 1. The molecule has 0 bridgehead atoms. The Bertz CT molecular complexity index is 486. The van der Waals surface area contributed by atoms with E-state index >= 15 is 0 Å². The summed E-state index contributed by atoms with van der Waals surface area (Å²) in [6.45, 7) is 2.49. The first-order chi connectivity index (χ1) is 10.1. The molecule has 0 unspecified atom stereocenters. The molecule has 1 aromatic rings. The van der Waals surface area contributed by atoms with Crippen molar-refractivity contribution in [2.24, 2.45) is 5.73 Å². The smallest absolute Gasteiger partial charge is 0.338 e. The third kappa shape index (κ3) is 5.55. The maximum atomic E-state index is 11.9. The van der Waals surface area contributed by atoms with Crippen molar-refractivity contribution in [3.05, 3.63) is 29.3 Å². The second-order valence-corrected chi connectivity index (χ2v) is 4.97. The Labute approximate surface area is 125 Å². The molecule has 0 saturated heterocycles. The van der Waals surface area contributed by atoms with E-state index in [4.69, 9.17) is 10.5 Å². The van der Waals surface area contributed by atoms with Crippen LogP contribution in [0.2, 0.25) is 0 Å². The lowest BCUT2D eigenvalue weighted by molar-refractivity contribution is -0.116. The molecule has 1 rings (SSSR count). The number of ether oxygens (including phenoxy) is 1. The van der Waals surface area contributed by atoms with Gasteiger partial charge in [0.2, 0.25) is 5.91 Å². The van der Waals surface area contributed by atoms with Gasteiger partial charge in [-0.1, -0.05) is 18.9 Å². The predicted molar refractivity (Wildman–Crippen MR) is 83.3 cm³/mol. The summed E-state index contributed by atoms with van der Waals surface area (Å²) in [6, 6.07) is 5.20. The van der Waals surface area contributed by atoms with E-state index < -0.39 is 5.97 Å². The summed E-state index contributed by atoms with van der Waals surface area (Å²) in [5.74, 6) is -0.432. The van der Waals surface area contributed by atoms with Crippen molar-refractivity contribution in [1.82, 2.24) is 0 Å². The second-order valence-electron chi connectivity index (χ2n) is 4.97. The molecule has 1 aromatic carbocycles. The lowest BCUT2D eigenvalue weighted by Crippen LogP contribution is -2.14. The monoisotopic (exact) mass is 292 g/mol. The van der Waals surface area contributed by atoms with Crippen molar-refractivity contribution < 1.29 is 14.3 Å². The van der Waals surface area contributed by atoms with Crippen LogP contribution in [0.4, 0.5) is 5.69 Å². The fraction of sp³-hybridized carbons (Fsp3) is 0.500. The van der Waals surface area contributed by atoms with Gasteiger partial charge in [0.1, 0.15) is 0 Å². The van der Waals surface area contributed by atoms with E-state index in [2.05, 4.69) is 5.32 Å². The average Bonchev–Trinajstić information content (AvgIpc) is 2.48. The molecule has 1 amide bonds. The Morgan fingerprint density at radius 1 is 1.19 bits per heavy atom. The van der Waals surface area contributed by atoms with Crippen molar-refractivity contribution >= 4 is 17.6 Å². The number of carbonyl (C=O) groups is 2. The molecule has 0 radical (unpaired) electrons. The predicted octanol–water partition coefficient (Wildman–Crippen LogP) is 2.63. The van der Waals surface area contributed by atoms with Crippen LogP contribution in [0.1, 0.15) is 48.0 Å². The van der Waals surface area contributed by atoms with Gasteiger partial charge in [0.25, 0.3) is 0 Å². The molecule has 0 heterocycles. The molecule has 5 heteroatoms. The summed E-state index contributed by atoms with van der Waals surface area (Å²) >= 11 is 0. The first-order valence-electron chi connectivity index (χ1n) is 7.28. The lowest BCUT2D eigenvalue weighted by atomic mass is 10.1. The minimum Gasteiger partial charge on any atom is -0.465 e. The zero-order valence-electron chi connectivity index (χ0n) is 12.8. The van der Waals surface area contributed by atoms with Gasteiger partial charge in [0.15, 0.2) is 0 Å². The quantitative estimate of drug-likeness (QED) is 0.570. The van der Waals surface area contributed by atoms with E-state index in [1.54, 1.807) is 25.1 Å². The van der Waals surface area contributed by atoms with E-state index in [0.717, 1.165) is 31.2 Å². The van der Waals surface area contributed by atoms with Crippen molar-refractivity contribution in [3.63, 3.8) is 0 Å². The first kappa shape index (κ1) is 17.2. The Balaban J connectivity index is 2.54.